The van der Waals surface area contributed by atoms with Crippen LogP contribution in [0.3, 0.4) is 0 Å². The molecule has 0 aromatic heterocycles. The van der Waals surface area contributed by atoms with E-state index in [0.29, 0.717) is 8.47 Å². The lowest BCUT2D eigenvalue weighted by Gasteiger charge is -1.99. The standard InChI is InChI=1S/C18H6O4S4/c19-13-7-5-9-10(16(22)12(15(9)21)18-25-3-4-26-18)6-8(7)14(20)11(13)17-23-1-2-24-17/h1-6H. The van der Waals surface area contributed by atoms with Gasteiger partial charge in [-0.25, -0.2) is 0 Å². The van der Waals surface area contributed by atoms with Gasteiger partial charge in [-0.1, -0.05) is 47.0 Å². The van der Waals surface area contributed by atoms with E-state index < -0.39 is 0 Å². The topological polar surface area (TPSA) is 68.3 Å². The molecule has 0 radical (unpaired) electrons. The van der Waals surface area contributed by atoms with Crippen LogP contribution < -0.4 is 0 Å². The molecule has 2 aliphatic heterocycles. The zero-order valence-electron chi connectivity index (χ0n) is 12.7. The van der Waals surface area contributed by atoms with E-state index in [1.165, 1.54) is 59.2 Å². The van der Waals surface area contributed by atoms with E-state index >= 15 is 0 Å². The van der Waals surface area contributed by atoms with Gasteiger partial charge in [0.1, 0.15) is 0 Å². The predicted molar refractivity (Wildman–Crippen MR) is 106 cm³/mol. The van der Waals surface area contributed by atoms with Gasteiger partial charge in [0.15, 0.2) is 23.1 Å². The smallest absolute Gasteiger partial charge is 0.199 e. The lowest BCUT2D eigenvalue weighted by Crippen LogP contribution is -2.03. The molecule has 0 bridgehead atoms. The van der Waals surface area contributed by atoms with Gasteiger partial charge in [0.25, 0.3) is 0 Å². The third-order valence-electron chi connectivity index (χ3n) is 4.26. The Morgan fingerprint density at radius 3 is 1.00 bits per heavy atom. The van der Waals surface area contributed by atoms with Crippen molar-refractivity contribution >= 4 is 70.2 Å². The lowest BCUT2D eigenvalue weighted by molar-refractivity contribution is 0.0977. The summed E-state index contributed by atoms with van der Waals surface area (Å²) in [6, 6.07) is 2.84. The first-order chi connectivity index (χ1) is 12.6. The van der Waals surface area contributed by atoms with Crippen LogP contribution in [0.1, 0.15) is 41.4 Å². The number of carbonyl (C=O) groups is 4. The monoisotopic (exact) mass is 414 g/mol. The first kappa shape index (κ1) is 16.4. The maximum Gasteiger partial charge on any atom is 0.199 e. The fourth-order valence-corrected chi connectivity index (χ4v) is 6.82. The van der Waals surface area contributed by atoms with Crippen molar-refractivity contribution in [2.75, 3.05) is 0 Å². The number of Topliss-reactive ketones (excluding diaryl/α,β-unsaturated/α-hetero) is 4. The second-order valence-electron chi connectivity index (χ2n) is 5.60. The summed E-state index contributed by atoms with van der Waals surface area (Å²) >= 11 is 5.32. The summed E-state index contributed by atoms with van der Waals surface area (Å²) < 4.78 is 1.28. The molecular weight excluding hydrogens is 408 g/mol. The summed E-state index contributed by atoms with van der Waals surface area (Å²) in [5, 5.41) is 7.25. The molecule has 1 aromatic rings. The summed E-state index contributed by atoms with van der Waals surface area (Å²) in [4.78, 5) is 51.0. The fraction of sp³-hybridized carbons (Fsp3) is 0. The van der Waals surface area contributed by atoms with E-state index in [1.54, 1.807) is 0 Å². The van der Waals surface area contributed by atoms with Crippen molar-refractivity contribution in [2.24, 2.45) is 0 Å². The number of fused-ring (bicyclic) bond motifs is 2. The van der Waals surface area contributed by atoms with Crippen molar-refractivity contribution < 1.29 is 19.2 Å². The van der Waals surface area contributed by atoms with E-state index in [4.69, 9.17) is 0 Å². The van der Waals surface area contributed by atoms with Crippen LogP contribution in [-0.4, -0.2) is 23.1 Å². The van der Waals surface area contributed by atoms with Crippen LogP contribution in [0.2, 0.25) is 0 Å². The maximum atomic E-state index is 12.8. The van der Waals surface area contributed by atoms with Crippen LogP contribution in [0.5, 0.6) is 0 Å². The average Bonchev–Trinajstić information content (AvgIpc) is 3.39. The van der Waals surface area contributed by atoms with Crippen LogP contribution in [0, 0.1) is 0 Å². The van der Waals surface area contributed by atoms with Crippen molar-refractivity contribution in [3.63, 3.8) is 0 Å². The van der Waals surface area contributed by atoms with Gasteiger partial charge in [0, 0.05) is 22.3 Å². The Morgan fingerprint density at radius 2 is 0.731 bits per heavy atom. The minimum absolute atomic E-state index is 0.133. The first-order valence-electron chi connectivity index (χ1n) is 7.40. The second-order valence-corrected chi connectivity index (χ2v) is 9.78. The largest absolute Gasteiger partial charge is 0.288 e. The third kappa shape index (κ3) is 2.16. The van der Waals surface area contributed by atoms with E-state index in [0.717, 1.165) is 0 Å². The van der Waals surface area contributed by atoms with Crippen molar-refractivity contribution in [2.45, 2.75) is 0 Å². The highest BCUT2D eigenvalue weighted by atomic mass is 32.2. The van der Waals surface area contributed by atoms with Crippen LogP contribution in [-0.2, 0) is 0 Å². The number of hydrogen-bond donors (Lipinski definition) is 0. The zero-order chi connectivity index (χ0) is 18.0. The summed E-state index contributed by atoms with van der Waals surface area (Å²) in [5.74, 6) is -1.50. The highest BCUT2D eigenvalue weighted by Gasteiger charge is 2.42. The van der Waals surface area contributed by atoms with Crippen molar-refractivity contribution in [1.29, 1.82) is 0 Å². The Balaban J connectivity index is 1.66. The van der Waals surface area contributed by atoms with Gasteiger partial charge in [-0.05, 0) is 33.8 Å². The Hall–Kier alpha value is -1.74. The van der Waals surface area contributed by atoms with Crippen LogP contribution in [0.25, 0.3) is 0 Å². The lowest BCUT2D eigenvalue weighted by atomic mass is 10.0. The van der Waals surface area contributed by atoms with Gasteiger partial charge in [-0.15, -0.1) is 0 Å². The number of rotatable bonds is 0. The average molecular weight is 415 g/mol. The third-order valence-corrected chi connectivity index (χ3v) is 8.52. The molecule has 126 valence electrons. The van der Waals surface area contributed by atoms with Gasteiger partial charge in [-0.2, -0.15) is 0 Å². The molecule has 0 unspecified atom stereocenters. The number of thioether (sulfide) groups is 4. The Morgan fingerprint density at radius 1 is 0.462 bits per heavy atom. The fourth-order valence-electron chi connectivity index (χ4n) is 3.12. The van der Waals surface area contributed by atoms with Gasteiger partial charge in [-0.3, -0.25) is 19.2 Å². The highest BCUT2D eigenvalue weighted by Crippen LogP contribution is 2.46. The number of allylic oxidation sites excluding steroid dienone is 2. The molecule has 0 saturated carbocycles. The summed E-state index contributed by atoms with van der Waals surface area (Å²) in [7, 11) is 0. The van der Waals surface area contributed by atoms with Crippen LogP contribution in [0.4, 0.5) is 0 Å². The predicted octanol–water partition coefficient (Wildman–Crippen LogP) is 4.77. The molecule has 4 nitrogen and oxygen atoms in total. The molecule has 8 heteroatoms. The maximum absolute atomic E-state index is 12.8. The van der Waals surface area contributed by atoms with E-state index in [-0.39, 0.29) is 56.5 Å². The zero-order valence-corrected chi connectivity index (χ0v) is 16.0. The SMILES string of the molecule is O=C1C(=C2SC=CS2)C(=O)c2cc3c(cc21)C(=O)C(=C1SC=CS1)C3=O. The van der Waals surface area contributed by atoms with Crippen molar-refractivity contribution in [3.8, 4) is 0 Å². The van der Waals surface area contributed by atoms with Gasteiger partial charge in [0.2, 0.25) is 0 Å². The molecule has 0 spiro atoms. The summed E-state index contributed by atoms with van der Waals surface area (Å²) in [6.07, 6.45) is 0. The minimum Gasteiger partial charge on any atom is -0.288 e. The normalized spacial score (nSPS) is 20.9. The molecule has 2 aliphatic carbocycles. The molecular formula is C18H6O4S4. The van der Waals surface area contributed by atoms with Gasteiger partial charge >= 0.3 is 0 Å². The van der Waals surface area contributed by atoms with E-state index in [1.807, 2.05) is 21.6 Å². The number of hydrogen-bond acceptors (Lipinski definition) is 8. The van der Waals surface area contributed by atoms with E-state index in [9.17, 15) is 19.2 Å². The Kier molecular flexibility index (Phi) is 3.72. The summed E-state index contributed by atoms with van der Waals surface area (Å²) in [6.45, 7) is 0. The van der Waals surface area contributed by atoms with Crippen molar-refractivity contribution in [3.05, 3.63) is 75.6 Å². The number of benzene rings is 1. The molecule has 26 heavy (non-hydrogen) atoms. The summed E-state index contributed by atoms with van der Waals surface area (Å²) in [5.41, 5.74) is 1.10. The minimum atomic E-state index is -0.376. The van der Waals surface area contributed by atoms with Crippen LogP contribution >= 0.6 is 47.0 Å². The van der Waals surface area contributed by atoms with Crippen molar-refractivity contribution in [1.82, 2.24) is 0 Å². The molecule has 4 aliphatic rings. The molecule has 0 fully saturated rings. The van der Waals surface area contributed by atoms with Crippen LogP contribution in [0.15, 0.2) is 53.4 Å². The molecule has 0 saturated heterocycles. The number of ketones is 4. The molecule has 5 rings (SSSR count). The molecule has 1 aromatic carbocycles. The Labute approximate surface area is 164 Å². The molecule has 0 N–H and O–H groups in total. The van der Waals surface area contributed by atoms with Gasteiger partial charge < -0.3 is 0 Å². The first-order valence-corrected chi connectivity index (χ1v) is 10.9. The highest BCUT2D eigenvalue weighted by molar-refractivity contribution is 8.28. The Bertz CT molecular complexity index is 942. The quantitative estimate of drug-likeness (QED) is 0.444. The molecule has 0 amide bonds. The number of carbonyl (C=O) groups excluding carboxylic acids is 4. The molecule has 2 heterocycles. The molecule has 0 atom stereocenters. The second kappa shape index (κ2) is 5.88. The van der Waals surface area contributed by atoms with Gasteiger partial charge in [0.05, 0.1) is 19.6 Å². The van der Waals surface area contributed by atoms with E-state index in [2.05, 4.69) is 0 Å².